The fourth-order valence-corrected chi connectivity index (χ4v) is 2.79. The highest BCUT2D eigenvalue weighted by atomic mass is 16.5. The molecule has 108 valence electrons. The fourth-order valence-electron chi connectivity index (χ4n) is 2.79. The van der Waals surface area contributed by atoms with Crippen LogP contribution in [0.15, 0.2) is 0 Å². The van der Waals surface area contributed by atoms with E-state index in [4.69, 9.17) is 4.74 Å². The summed E-state index contributed by atoms with van der Waals surface area (Å²) in [5.74, 6) is 0. The van der Waals surface area contributed by atoms with Crippen LogP contribution in [0.1, 0.15) is 53.9 Å². The Hall–Kier alpha value is -0.120. The Morgan fingerprint density at radius 3 is 2.33 bits per heavy atom. The Labute approximate surface area is 113 Å². The molecule has 0 radical (unpaired) electrons. The Bertz CT molecular complexity index is 218. The van der Waals surface area contributed by atoms with E-state index in [-0.39, 0.29) is 0 Å². The number of nitrogens with zero attached hydrogens (tertiary/aromatic N) is 1. The summed E-state index contributed by atoms with van der Waals surface area (Å²) in [7, 11) is 0. The van der Waals surface area contributed by atoms with E-state index in [1.54, 1.807) is 0 Å². The molecule has 0 spiro atoms. The molecule has 1 N–H and O–H groups in total. The SMILES string of the molecule is CCC(CC)(CC)NCC1CN(C(C)C)CCO1. The van der Waals surface area contributed by atoms with Crippen molar-refractivity contribution in [1.82, 2.24) is 10.2 Å². The summed E-state index contributed by atoms with van der Waals surface area (Å²) in [6.07, 6.45) is 3.94. The van der Waals surface area contributed by atoms with Crippen LogP contribution >= 0.6 is 0 Å². The van der Waals surface area contributed by atoms with E-state index in [0.717, 1.165) is 26.2 Å². The lowest BCUT2D eigenvalue weighted by atomic mass is 9.89. The molecule has 1 aliphatic heterocycles. The van der Waals surface area contributed by atoms with Gasteiger partial charge in [-0.2, -0.15) is 0 Å². The highest BCUT2D eigenvalue weighted by Crippen LogP contribution is 2.19. The third-order valence-corrected chi connectivity index (χ3v) is 4.64. The molecular weight excluding hydrogens is 224 g/mol. The van der Waals surface area contributed by atoms with Crippen LogP contribution in [0.2, 0.25) is 0 Å². The molecule has 0 aromatic rings. The smallest absolute Gasteiger partial charge is 0.0827 e. The summed E-state index contributed by atoms with van der Waals surface area (Å²) in [6, 6.07) is 0.629. The third-order valence-electron chi connectivity index (χ3n) is 4.64. The second-order valence-electron chi connectivity index (χ2n) is 5.80. The highest BCUT2D eigenvalue weighted by molar-refractivity contribution is 4.86. The maximum absolute atomic E-state index is 5.88. The Morgan fingerprint density at radius 1 is 1.22 bits per heavy atom. The number of hydrogen-bond donors (Lipinski definition) is 1. The van der Waals surface area contributed by atoms with Crippen LogP contribution in [0.4, 0.5) is 0 Å². The van der Waals surface area contributed by atoms with Gasteiger partial charge in [0, 0.05) is 31.2 Å². The molecule has 1 rings (SSSR count). The summed E-state index contributed by atoms with van der Waals surface area (Å²) in [5.41, 5.74) is 0.309. The van der Waals surface area contributed by atoms with Gasteiger partial charge in [0.05, 0.1) is 12.7 Å². The predicted octanol–water partition coefficient (Wildman–Crippen LogP) is 2.65. The zero-order valence-electron chi connectivity index (χ0n) is 13.0. The molecule has 1 heterocycles. The van der Waals surface area contributed by atoms with Crippen LogP contribution in [0.5, 0.6) is 0 Å². The second kappa shape index (κ2) is 7.46. The van der Waals surface area contributed by atoms with Crippen molar-refractivity contribution in [3.05, 3.63) is 0 Å². The standard InChI is InChI=1S/C15H32N2O/c1-6-15(7-2,8-3)16-11-14-12-17(13(4)5)9-10-18-14/h13-14,16H,6-12H2,1-5H3. The van der Waals surface area contributed by atoms with Crippen molar-refractivity contribution in [3.63, 3.8) is 0 Å². The predicted molar refractivity (Wildman–Crippen MR) is 78.1 cm³/mol. The molecule has 1 fully saturated rings. The van der Waals surface area contributed by atoms with Crippen LogP contribution < -0.4 is 5.32 Å². The molecule has 0 bridgehead atoms. The molecule has 3 nitrogen and oxygen atoms in total. The number of rotatable bonds is 7. The van der Waals surface area contributed by atoms with Gasteiger partial charge in [-0.25, -0.2) is 0 Å². The van der Waals surface area contributed by atoms with Crippen molar-refractivity contribution in [2.45, 2.75) is 71.6 Å². The minimum Gasteiger partial charge on any atom is -0.374 e. The average molecular weight is 256 g/mol. The van der Waals surface area contributed by atoms with Crippen LogP contribution in [0, 0.1) is 0 Å². The lowest BCUT2D eigenvalue weighted by Gasteiger charge is -2.38. The largest absolute Gasteiger partial charge is 0.374 e. The number of nitrogens with one attached hydrogen (secondary N) is 1. The Balaban J connectivity index is 2.42. The first-order chi connectivity index (χ1) is 8.56. The summed E-state index contributed by atoms with van der Waals surface area (Å²) in [5, 5.41) is 3.76. The van der Waals surface area contributed by atoms with Crippen LogP contribution in [-0.2, 0) is 4.74 Å². The van der Waals surface area contributed by atoms with E-state index in [1.165, 1.54) is 19.3 Å². The van der Waals surface area contributed by atoms with Gasteiger partial charge in [-0.1, -0.05) is 20.8 Å². The number of hydrogen-bond acceptors (Lipinski definition) is 3. The molecule has 0 amide bonds. The van der Waals surface area contributed by atoms with Crippen molar-refractivity contribution in [1.29, 1.82) is 0 Å². The van der Waals surface area contributed by atoms with E-state index in [2.05, 4.69) is 44.8 Å². The molecule has 1 aliphatic rings. The lowest BCUT2D eigenvalue weighted by molar-refractivity contribution is -0.0405. The van der Waals surface area contributed by atoms with Gasteiger partial charge in [0.2, 0.25) is 0 Å². The van der Waals surface area contributed by atoms with Gasteiger partial charge in [0.15, 0.2) is 0 Å². The first-order valence-corrected chi connectivity index (χ1v) is 7.67. The molecular formula is C15H32N2O. The van der Waals surface area contributed by atoms with Crippen LogP contribution in [0.3, 0.4) is 0 Å². The second-order valence-corrected chi connectivity index (χ2v) is 5.80. The fraction of sp³-hybridized carbons (Fsp3) is 1.00. The van der Waals surface area contributed by atoms with Gasteiger partial charge in [0.1, 0.15) is 0 Å². The maximum atomic E-state index is 5.88. The van der Waals surface area contributed by atoms with Crippen LogP contribution in [0.25, 0.3) is 0 Å². The Kier molecular flexibility index (Phi) is 6.61. The van der Waals surface area contributed by atoms with E-state index >= 15 is 0 Å². The topological polar surface area (TPSA) is 24.5 Å². The maximum Gasteiger partial charge on any atom is 0.0827 e. The first kappa shape index (κ1) is 15.9. The molecule has 18 heavy (non-hydrogen) atoms. The van der Waals surface area contributed by atoms with Gasteiger partial charge >= 0.3 is 0 Å². The summed E-state index contributed by atoms with van der Waals surface area (Å²) >= 11 is 0. The van der Waals surface area contributed by atoms with E-state index in [0.29, 0.717) is 17.7 Å². The van der Waals surface area contributed by atoms with Crippen molar-refractivity contribution < 1.29 is 4.74 Å². The molecule has 1 saturated heterocycles. The zero-order chi connectivity index (χ0) is 13.6. The third kappa shape index (κ3) is 4.22. The highest BCUT2D eigenvalue weighted by Gasteiger charge is 2.27. The van der Waals surface area contributed by atoms with Gasteiger partial charge in [-0.15, -0.1) is 0 Å². The van der Waals surface area contributed by atoms with Gasteiger partial charge < -0.3 is 10.1 Å². The molecule has 0 aromatic heterocycles. The molecule has 1 atom stereocenters. The van der Waals surface area contributed by atoms with Crippen molar-refractivity contribution >= 4 is 0 Å². The van der Waals surface area contributed by atoms with Crippen molar-refractivity contribution in [3.8, 4) is 0 Å². The van der Waals surface area contributed by atoms with Crippen molar-refractivity contribution in [2.75, 3.05) is 26.2 Å². The summed E-state index contributed by atoms with van der Waals surface area (Å²) in [4.78, 5) is 2.52. The van der Waals surface area contributed by atoms with E-state index < -0.39 is 0 Å². The molecule has 3 heteroatoms. The van der Waals surface area contributed by atoms with Gasteiger partial charge in [0.25, 0.3) is 0 Å². The van der Waals surface area contributed by atoms with Crippen molar-refractivity contribution in [2.24, 2.45) is 0 Å². The molecule has 0 saturated carbocycles. The van der Waals surface area contributed by atoms with Crippen LogP contribution in [-0.4, -0.2) is 48.8 Å². The van der Waals surface area contributed by atoms with Gasteiger partial charge in [-0.3, -0.25) is 4.90 Å². The van der Waals surface area contributed by atoms with E-state index in [9.17, 15) is 0 Å². The summed E-state index contributed by atoms with van der Waals surface area (Å²) in [6.45, 7) is 15.4. The average Bonchev–Trinajstić information content (AvgIpc) is 2.41. The monoisotopic (exact) mass is 256 g/mol. The van der Waals surface area contributed by atoms with E-state index in [1.807, 2.05) is 0 Å². The Morgan fingerprint density at radius 2 is 1.83 bits per heavy atom. The number of morpholine rings is 1. The first-order valence-electron chi connectivity index (χ1n) is 7.67. The van der Waals surface area contributed by atoms with Gasteiger partial charge in [-0.05, 0) is 33.1 Å². The number of ether oxygens (including phenoxy) is 1. The molecule has 0 aliphatic carbocycles. The lowest BCUT2D eigenvalue weighted by Crippen LogP contribution is -2.53. The quantitative estimate of drug-likeness (QED) is 0.758. The zero-order valence-corrected chi connectivity index (χ0v) is 13.0. The molecule has 1 unspecified atom stereocenters. The normalized spacial score (nSPS) is 22.7. The molecule has 0 aromatic carbocycles. The minimum absolute atomic E-state index is 0.309. The summed E-state index contributed by atoms with van der Waals surface area (Å²) < 4.78 is 5.88. The minimum atomic E-state index is 0.309.